The summed E-state index contributed by atoms with van der Waals surface area (Å²) < 4.78 is 0. The van der Waals surface area contributed by atoms with Gasteiger partial charge in [-0.15, -0.1) is 0 Å². The summed E-state index contributed by atoms with van der Waals surface area (Å²) in [5.74, 6) is 0.127. The van der Waals surface area contributed by atoms with Crippen LogP contribution in [-0.2, 0) is 0 Å². The lowest BCUT2D eigenvalue weighted by atomic mass is 9.96. The molecule has 0 radical (unpaired) electrons. The fraction of sp³-hybridized carbons (Fsp3) is 0.300. The normalized spacial score (nSPS) is 12.9. The molecule has 14 heavy (non-hydrogen) atoms. The fourth-order valence-electron chi connectivity index (χ4n) is 1.15. The van der Waals surface area contributed by atoms with Crippen LogP contribution in [0.25, 0.3) is 0 Å². The number of aromatic hydroxyl groups is 1. The lowest BCUT2D eigenvalue weighted by Gasteiger charge is -2.18. The third kappa shape index (κ3) is 2.23. The topological polar surface area (TPSA) is 73.1 Å². The Balaban J connectivity index is 3.10. The van der Waals surface area contributed by atoms with E-state index in [0.717, 1.165) is 0 Å². The van der Waals surface area contributed by atoms with Crippen molar-refractivity contribution in [3.8, 4) is 5.75 Å². The van der Waals surface area contributed by atoms with Crippen LogP contribution in [0.15, 0.2) is 29.4 Å². The third-order valence-electron chi connectivity index (χ3n) is 1.82. The van der Waals surface area contributed by atoms with Crippen LogP contribution in [0.1, 0.15) is 19.4 Å². The third-order valence-corrected chi connectivity index (χ3v) is 1.82. The Hall–Kier alpha value is -1.55. The summed E-state index contributed by atoms with van der Waals surface area (Å²) in [5.41, 5.74) is -0.485. The fourth-order valence-corrected chi connectivity index (χ4v) is 1.15. The number of hydrogen-bond acceptors (Lipinski definition) is 4. The second kappa shape index (κ2) is 3.67. The van der Waals surface area contributed by atoms with Gasteiger partial charge in [-0.3, -0.25) is 0 Å². The largest absolute Gasteiger partial charge is 0.508 e. The molecule has 0 amide bonds. The zero-order chi connectivity index (χ0) is 10.8. The van der Waals surface area contributed by atoms with E-state index in [2.05, 4.69) is 5.16 Å². The maximum Gasteiger partial charge on any atom is 0.118 e. The van der Waals surface area contributed by atoms with E-state index in [0.29, 0.717) is 5.56 Å². The zero-order valence-corrected chi connectivity index (χ0v) is 8.10. The molecular weight excluding hydrogens is 182 g/mol. The van der Waals surface area contributed by atoms with Gasteiger partial charge in [0.05, 0.1) is 0 Å². The minimum Gasteiger partial charge on any atom is -0.508 e. The second-order valence-corrected chi connectivity index (χ2v) is 3.55. The molecular formula is C10H13NO3. The molecule has 0 atom stereocenters. The van der Waals surface area contributed by atoms with Crippen molar-refractivity contribution in [3.05, 3.63) is 29.8 Å². The summed E-state index contributed by atoms with van der Waals surface area (Å²) in [4.78, 5) is 0. The zero-order valence-electron chi connectivity index (χ0n) is 8.10. The van der Waals surface area contributed by atoms with E-state index in [1.54, 1.807) is 12.1 Å². The van der Waals surface area contributed by atoms with E-state index in [9.17, 15) is 5.11 Å². The summed E-state index contributed by atoms with van der Waals surface area (Å²) in [7, 11) is 0. The Morgan fingerprint density at radius 2 is 1.71 bits per heavy atom. The van der Waals surface area contributed by atoms with E-state index in [-0.39, 0.29) is 11.5 Å². The van der Waals surface area contributed by atoms with Crippen LogP contribution < -0.4 is 0 Å². The number of rotatable bonds is 2. The van der Waals surface area contributed by atoms with Crippen molar-refractivity contribution >= 4 is 5.71 Å². The summed E-state index contributed by atoms with van der Waals surface area (Å²) >= 11 is 0. The maximum atomic E-state index is 9.65. The number of hydrogen-bond donors (Lipinski definition) is 3. The Morgan fingerprint density at radius 1 is 1.21 bits per heavy atom. The molecule has 0 aliphatic carbocycles. The number of benzene rings is 1. The van der Waals surface area contributed by atoms with E-state index in [1.807, 2.05) is 0 Å². The van der Waals surface area contributed by atoms with Gasteiger partial charge in [-0.05, 0) is 38.1 Å². The van der Waals surface area contributed by atoms with Crippen LogP contribution in [0, 0.1) is 0 Å². The molecule has 0 unspecified atom stereocenters. The van der Waals surface area contributed by atoms with E-state index >= 15 is 0 Å². The minimum atomic E-state index is -1.22. The molecule has 0 fully saturated rings. The number of aliphatic hydroxyl groups is 1. The van der Waals surface area contributed by atoms with Gasteiger partial charge in [0.25, 0.3) is 0 Å². The van der Waals surface area contributed by atoms with E-state index in [4.69, 9.17) is 10.3 Å². The molecule has 4 nitrogen and oxygen atoms in total. The number of phenolic OH excluding ortho intramolecular Hbond substituents is 1. The first-order chi connectivity index (χ1) is 6.45. The molecule has 4 heteroatoms. The first-order valence-electron chi connectivity index (χ1n) is 4.19. The highest BCUT2D eigenvalue weighted by Gasteiger charge is 2.23. The smallest absolute Gasteiger partial charge is 0.118 e. The van der Waals surface area contributed by atoms with Crippen LogP contribution in [0.2, 0.25) is 0 Å². The molecule has 0 saturated heterocycles. The van der Waals surface area contributed by atoms with Crippen molar-refractivity contribution in [1.82, 2.24) is 0 Å². The average Bonchev–Trinajstić information content (AvgIpc) is 2.07. The van der Waals surface area contributed by atoms with E-state index in [1.165, 1.54) is 26.0 Å². The van der Waals surface area contributed by atoms with Crippen molar-refractivity contribution in [2.24, 2.45) is 5.16 Å². The molecule has 1 aromatic rings. The molecule has 0 aromatic heterocycles. The van der Waals surface area contributed by atoms with Crippen LogP contribution in [-0.4, -0.2) is 26.7 Å². The highest BCUT2D eigenvalue weighted by Crippen LogP contribution is 2.16. The van der Waals surface area contributed by atoms with Crippen LogP contribution in [0.3, 0.4) is 0 Å². The van der Waals surface area contributed by atoms with Crippen molar-refractivity contribution in [2.75, 3.05) is 0 Å². The van der Waals surface area contributed by atoms with Gasteiger partial charge in [-0.1, -0.05) is 5.16 Å². The minimum absolute atomic E-state index is 0.127. The van der Waals surface area contributed by atoms with Gasteiger partial charge in [0, 0.05) is 5.56 Å². The van der Waals surface area contributed by atoms with Gasteiger partial charge < -0.3 is 15.4 Å². The average molecular weight is 195 g/mol. The van der Waals surface area contributed by atoms with Gasteiger partial charge in [0.15, 0.2) is 0 Å². The molecule has 0 bridgehead atoms. The highest BCUT2D eigenvalue weighted by atomic mass is 16.4. The molecule has 0 aliphatic rings. The van der Waals surface area contributed by atoms with Crippen molar-refractivity contribution in [1.29, 1.82) is 0 Å². The predicted molar refractivity (Wildman–Crippen MR) is 52.7 cm³/mol. The van der Waals surface area contributed by atoms with Crippen LogP contribution in [0.5, 0.6) is 5.75 Å². The lowest BCUT2D eigenvalue weighted by Crippen LogP contribution is -2.32. The second-order valence-electron chi connectivity index (χ2n) is 3.55. The maximum absolute atomic E-state index is 9.65. The molecule has 76 valence electrons. The molecule has 3 N–H and O–H groups in total. The number of phenols is 1. The Kier molecular flexibility index (Phi) is 2.76. The number of nitrogens with zero attached hydrogens (tertiary/aromatic N) is 1. The first-order valence-corrected chi connectivity index (χ1v) is 4.19. The molecule has 1 aromatic carbocycles. The standard InChI is InChI=1S/C10H13NO3/c1-10(2,13)9(11-14)7-3-5-8(12)6-4-7/h3-6,12-14H,1-2H3/b11-9+. The Labute approximate surface area is 82.1 Å². The number of oxime groups is 1. The van der Waals surface area contributed by atoms with Crippen molar-refractivity contribution < 1.29 is 15.4 Å². The summed E-state index contributed by atoms with van der Waals surface area (Å²) in [6, 6.07) is 6.07. The van der Waals surface area contributed by atoms with Gasteiger partial charge in [0.1, 0.15) is 17.1 Å². The molecule has 0 saturated carbocycles. The van der Waals surface area contributed by atoms with Gasteiger partial charge in [0.2, 0.25) is 0 Å². The van der Waals surface area contributed by atoms with Gasteiger partial charge >= 0.3 is 0 Å². The van der Waals surface area contributed by atoms with Crippen LogP contribution in [0.4, 0.5) is 0 Å². The monoisotopic (exact) mass is 195 g/mol. The summed E-state index contributed by atoms with van der Waals surface area (Å²) in [5, 5.41) is 30.5. The van der Waals surface area contributed by atoms with Crippen LogP contribution >= 0.6 is 0 Å². The molecule has 1 rings (SSSR count). The predicted octanol–water partition coefficient (Wildman–Crippen LogP) is 1.34. The summed E-state index contributed by atoms with van der Waals surface area (Å²) in [6.07, 6.45) is 0. The first kappa shape index (κ1) is 10.5. The van der Waals surface area contributed by atoms with E-state index < -0.39 is 5.60 Å². The molecule has 0 aliphatic heterocycles. The highest BCUT2D eigenvalue weighted by molar-refractivity contribution is 6.05. The SMILES string of the molecule is CC(C)(O)/C(=N/O)c1ccc(O)cc1. The molecule has 0 spiro atoms. The summed E-state index contributed by atoms with van der Waals surface area (Å²) in [6.45, 7) is 3.05. The van der Waals surface area contributed by atoms with Crippen molar-refractivity contribution in [3.63, 3.8) is 0 Å². The quantitative estimate of drug-likeness (QED) is 0.379. The van der Waals surface area contributed by atoms with Gasteiger partial charge in [-0.2, -0.15) is 0 Å². The Morgan fingerprint density at radius 3 is 2.07 bits per heavy atom. The van der Waals surface area contributed by atoms with Gasteiger partial charge in [-0.25, -0.2) is 0 Å². The van der Waals surface area contributed by atoms with Crippen molar-refractivity contribution in [2.45, 2.75) is 19.4 Å². The lowest BCUT2D eigenvalue weighted by molar-refractivity contribution is 0.148. The molecule has 0 heterocycles. The Bertz CT molecular complexity index is 335.